The lowest BCUT2D eigenvalue weighted by molar-refractivity contribution is -0.195. The number of carbonyl (C=O) groups excluding carboxylic acids is 5. The lowest BCUT2D eigenvalue weighted by atomic mass is 10.1. The van der Waals surface area contributed by atoms with Gasteiger partial charge in [-0.3, -0.25) is 24.0 Å². The molecule has 1 heterocycles. The average molecular weight is 568 g/mol. The van der Waals surface area contributed by atoms with Crippen LogP contribution in [0.25, 0.3) is 0 Å². The van der Waals surface area contributed by atoms with Crippen LogP contribution in [0.5, 0.6) is 0 Å². The molecule has 1 fully saturated rings. The molecule has 10 N–H and O–H groups in total. The molecule has 0 aliphatic carbocycles. The second kappa shape index (κ2) is 24.7. The van der Waals surface area contributed by atoms with Gasteiger partial charge in [-0.15, -0.1) is 5.06 Å². The minimum absolute atomic E-state index is 0. The van der Waals surface area contributed by atoms with E-state index in [1.807, 2.05) is 0 Å². The van der Waals surface area contributed by atoms with E-state index < -0.39 is 41.8 Å². The number of hydrogen-bond acceptors (Lipinski definition) is 10. The summed E-state index contributed by atoms with van der Waals surface area (Å²) in [5.74, 6) is -3.98. The van der Waals surface area contributed by atoms with Gasteiger partial charge in [0, 0.05) is 40.2 Å². The summed E-state index contributed by atoms with van der Waals surface area (Å²) in [6.45, 7) is 4.98. The van der Waals surface area contributed by atoms with Crippen LogP contribution in [-0.4, -0.2) is 87.5 Å². The maximum absolute atomic E-state index is 10.7. The number of carboxylic acid groups (broad SMARTS) is 2. The Morgan fingerprint density at radius 2 is 1.41 bits per heavy atom. The van der Waals surface area contributed by atoms with Crippen molar-refractivity contribution >= 4 is 41.5 Å². The molecule has 1 aliphatic heterocycles. The molecule has 0 radical (unpaired) electrons. The van der Waals surface area contributed by atoms with E-state index in [-0.39, 0.29) is 37.6 Å². The van der Waals surface area contributed by atoms with Gasteiger partial charge in [-0.25, -0.2) is 9.59 Å². The van der Waals surface area contributed by atoms with Crippen LogP contribution in [0.15, 0.2) is 0 Å². The van der Waals surface area contributed by atoms with Crippen LogP contribution in [0, 0.1) is 0 Å². The summed E-state index contributed by atoms with van der Waals surface area (Å²) in [6.07, 6.45) is 4.13. The van der Waals surface area contributed by atoms with Gasteiger partial charge in [0.05, 0.1) is 0 Å². The van der Waals surface area contributed by atoms with Crippen LogP contribution in [0.3, 0.4) is 0 Å². The number of rotatable bonds is 13. The molecule has 0 saturated carbocycles. The number of nitrogens with two attached hydrogens (primary N) is 2. The third-order valence-corrected chi connectivity index (χ3v) is 4.48. The Labute approximate surface area is 228 Å². The van der Waals surface area contributed by atoms with Gasteiger partial charge in [0.2, 0.25) is 11.8 Å². The van der Waals surface area contributed by atoms with Gasteiger partial charge in [-0.05, 0) is 38.6 Å². The molecule has 2 atom stereocenters. The molecule has 0 aromatic rings. The molecule has 0 bridgehead atoms. The van der Waals surface area contributed by atoms with Crippen molar-refractivity contribution in [2.24, 2.45) is 11.5 Å². The molecule has 1 aliphatic rings. The Bertz CT molecular complexity index is 776. The van der Waals surface area contributed by atoms with E-state index in [0.717, 1.165) is 19.8 Å². The van der Waals surface area contributed by atoms with Gasteiger partial charge in [-0.2, -0.15) is 0 Å². The minimum Gasteiger partial charge on any atom is -0.480 e. The SMILES string of the molecule is C.CC(=O)NCCCCC(NC(C)=O)C(=O)O.CC(=O)ON1C(=O)CCC1=O.NCCCCC(N)C(=O)O.O. The number of nitrogens with one attached hydrogen (secondary N) is 2. The summed E-state index contributed by atoms with van der Waals surface area (Å²) >= 11 is 0. The van der Waals surface area contributed by atoms with Crippen LogP contribution < -0.4 is 22.1 Å². The zero-order valence-electron chi connectivity index (χ0n) is 22.0. The molecule has 0 aromatic heterocycles. The Balaban J connectivity index is -0.000000237. The van der Waals surface area contributed by atoms with Gasteiger partial charge < -0.3 is 42.6 Å². The van der Waals surface area contributed by atoms with Crippen LogP contribution in [-0.2, 0) is 38.4 Å². The smallest absolute Gasteiger partial charge is 0.330 e. The monoisotopic (exact) mass is 567 g/mol. The highest BCUT2D eigenvalue weighted by atomic mass is 16.7. The Morgan fingerprint density at radius 3 is 1.79 bits per heavy atom. The number of imide groups is 1. The van der Waals surface area contributed by atoms with Crippen molar-refractivity contribution in [1.29, 1.82) is 0 Å². The Morgan fingerprint density at radius 1 is 0.897 bits per heavy atom. The first-order valence-corrected chi connectivity index (χ1v) is 11.7. The van der Waals surface area contributed by atoms with E-state index in [9.17, 15) is 33.6 Å². The lowest BCUT2D eigenvalue weighted by Crippen LogP contribution is -2.39. The fourth-order valence-electron chi connectivity index (χ4n) is 2.66. The number of nitrogens with zero attached hydrogens (tertiary/aromatic N) is 1. The molecule has 1 saturated heterocycles. The zero-order valence-corrected chi connectivity index (χ0v) is 22.0. The highest BCUT2D eigenvalue weighted by Gasteiger charge is 2.31. The number of aliphatic carboxylic acids is 2. The molecule has 2 unspecified atom stereocenters. The number of hydroxylamine groups is 2. The van der Waals surface area contributed by atoms with Gasteiger partial charge in [-0.1, -0.05) is 13.8 Å². The number of carbonyl (C=O) groups is 7. The summed E-state index contributed by atoms with van der Waals surface area (Å²) < 4.78 is 0. The highest BCUT2D eigenvalue weighted by Crippen LogP contribution is 2.11. The Hall–Kier alpha value is -3.63. The van der Waals surface area contributed by atoms with Crippen LogP contribution in [0.4, 0.5) is 0 Å². The zero-order chi connectivity index (χ0) is 29.0. The number of unbranched alkanes of at least 4 members (excludes halogenated alkanes) is 2. The molecule has 0 spiro atoms. The van der Waals surface area contributed by atoms with E-state index in [4.69, 9.17) is 21.7 Å². The van der Waals surface area contributed by atoms with Crippen molar-refractivity contribution in [2.75, 3.05) is 13.1 Å². The quantitative estimate of drug-likeness (QED) is 0.113. The van der Waals surface area contributed by atoms with Crippen molar-refractivity contribution in [2.45, 2.75) is 91.6 Å². The summed E-state index contributed by atoms with van der Waals surface area (Å²) in [7, 11) is 0. The largest absolute Gasteiger partial charge is 0.480 e. The maximum atomic E-state index is 10.7. The molecule has 16 heteroatoms. The number of amides is 4. The molecule has 0 aromatic carbocycles. The predicted molar refractivity (Wildman–Crippen MR) is 139 cm³/mol. The van der Waals surface area contributed by atoms with Gasteiger partial charge in [0.25, 0.3) is 11.8 Å². The van der Waals surface area contributed by atoms with Crippen molar-refractivity contribution < 1.29 is 54.1 Å². The van der Waals surface area contributed by atoms with Crippen LogP contribution in [0.2, 0.25) is 0 Å². The first kappa shape index (κ1) is 42.5. The fourth-order valence-corrected chi connectivity index (χ4v) is 2.66. The van der Waals surface area contributed by atoms with E-state index in [0.29, 0.717) is 43.8 Å². The normalized spacial score (nSPS) is 13.0. The lowest BCUT2D eigenvalue weighted by Gasteiger charge is -2.12. The number of carboxylic acids is 2. The minimum atomic E-state index is -1.03. The first-order chi connectivity index (χ1) is 17.2. The summed E-state index contributed by atoms with van der Waals surface area (Å²) in [5, 5.41) is 22.6. The van der Waals surface area contributed by atoms with Crippen LogP contribution in [0.1, 0.15) is 79.6 Å². The molecule has 228 valence electrons. The van der Waals surface area contributed by atoms with E-state index >= 15 is 0 Å². The van der Waals surface area contributed by atoms with E-state index in [1.54, 1.807) is 0 Å². The standard InChI is InChI=1S/C10H18N2O4.C6H14N2O2.C6H7NO4.CH4.H2O/c1-7(13)11-6-4-3-5-9(10(15)16)12-8(2)14;7-4-2-1-3-5(8)6(9)10;1-4(8)11-7-5(9)2-3-6(7)10;;/h9H,3-6H2,1-2H3,(H,11,13)(H,12,14)(H,15,16);5H,1-4,7-8H2,(H,9,10);2-3H2,1H3;1H4;1H2. The van der Waals surface area contributed by atoms with Crippen molar-refractivity contribution in [1.82, 2.24) is 15.7 Å². The molecular weight excluding hydrogens is 522 g/mol. The fraction of sp³-hybridized carbons (Fsp3) is 0.696. The molecule has 39 heavy (non-hydrogen) atoms. The molecule has 4 amide bonds. The third kappa shape index (κ3) is 24.5. The molecular formula is C23H45N5O11. The van der Waals surface area contributed by atoms with Crippen molar-refractivity contribution in [3.63, 3.8) is 0 Å². The average Bonchev–Trinajstić information content (AvgIpc) is 3.10. The van der Waals surface area contributed by atoms with Gasteiger partial charge in [0.15, 0.2) is 0 Å². The molecule has 1 rings (SSSR count). The van der Waals surface area contributed by atoms with Crippen molar-refractivity contribution in [3.8, 4) is 0 Å². The maximum Gasteiger partial charge on any atom is 0.330 e. The Kier molecular flexibility index (Phi) is 26.9. The van der Waals surface area contributed by atoms with Gasteiger partial charge >= 0.3 is 17.9 Å². The third-order valence-electron chi connectivity index (χ3n) is 4.48. The topological polar surface area (TPSA) is 280 Å². The predicted octanol–water partition coefficient (Wildman–Crippen LogP) is -1.17. The van der Waals surface area contributed by atoms with E-state index in [1.165, 1.54) is 13.8 Å². The summed E-state index contributed by atoms with van der Waals surface area (Å²) in [6, 6.07) is -1.55. The molecule has 16 nitrogen and oxygen atoms in total. The van der Waals surface area contributed by atoms with Gasteiger partial charge in [0.1, 0.15) is 12.1 Å². The summed E-state index contributed by atoms with van der Waals surface area (Å²) in [5.41, 5.74) is 10.4. The van der Waals surface area contributed by atoms with E-state index in [2.05, 4.69) is 15.5 Å². The van der Waals surface area contributed by atoms with Crippen molar-refractivity contribution in [3.05, 3.63) is 0 Å². The second-order valence-electron chi connectivity index (χ2n) is 7.96. The first-order valence-electron chi connectivity index (χ1n) is 11.7. The van der Waals surface area contributed by atoms with Crippen LogP contribution >= 0.6 is 0 Å². The summed E-state index contributed by atoms with van der Waals surface area (Å²) in [4.78, 5) is 78.2. The highest BCUT2D eigenvalue weighted by molar-refractivity contribution is 6.01. The number of hydrogen-bond donors (Lipinski definition) is 6. The second-order valence-corrected chi connectivity index (χ2v) is 7.96.